The maximum absolute atomic E-state index is 9.19. The fraction of sp³-hybridized carbons (Fsp3) is 0.161. The molecule has 0 bridgehead atoms. The second kappa shape index (κ2) is 10.9. The Morgan fingerprint density at radius 3 is 1.63 bits per heavy atom. The summed E-state index contributed by atoms with van der Waals surface area (Å²) in [5.41, 5.74) is 9.43. The van der Waals surface area contributed by atoms with Crippen molar-refractivity contribution in [3.8, 4) is 18.2 Å². The summed E-state index contributed by atoms with van der Waals surface area (Å²) >= 11 is 0. The van der Waals surface area contributed by atoms with Gasteiger partial charge in [-0.15, -0.1) is 0 Å². The van der Waals surface area contributed by atoms with Gasteiger partial charge in [-0.2, -0.15) is 15.8 Å². The summed E-state index contributed by atoms with van der Waals surface area (Å²) in [6.45, 7) is 2.16. The first-order valence-electron chi connectivity index (χ1n) is 11.6. The number of hydrogen-bond donors (Lipinski definition) is 0. The standard InChI is InChI=1S/C31H24N4/c1-22-5-18-31(28-16-10-25(21-34)11-17-28)35-30(27-14-8-24(20-33)9-15-27)4-2-3-29(22)26-12-6-23(19-32)7-13-26/h6-18H,2-5H2,1H3/b29-22?,31-18+,35-30?. The van der Waals surface area contributed by atoms with Gasteiger partial charge < -0.3 is 0 Å². The van der Waals surface area contributed by atoms with Crippen molar-refractivity contribution in [3.05, 3.63) is 118 Å². The number of hydrogen-bond acceptors (Lipinski definition) is 4. The number of benzene rings is 3. The summed E-state index contributed by atoms with van der Waals surface area (Å²) in [7, 11) is 0. The predicted octanol–water partition coefficient (Wildman–Crippen LogP) is 7.18. The third kappa shape index (κ3) is 5.62. The molecule has 35 heavy (non-hydrogen) atoms. The third-order valence-electron chi connectivity index (χ3n) is 6.23. The van der Waals surface area contributed by atoms with E-state index >= 15 is 0 Å². The summed E-state index contributed by atoms with van der Waals surface area (Å²) < 4.78 is 0. The summed E-state index contributed by atoms with van der Waals surface area (Å²) in [6, 6.07) is 29.4. The van der Waals surface area contributed by atoms with Crippen LogP contribution >= 0.6 is 0 Å². The first-order valence-corrected chi connectivity index (χ1v) is 11.6. The molecule has 168 valence electrons. The van der Waals surface area contributed by atoms with Gasteiger partial charge in [0.25, 0.3) is 0 Å². The molecule has 0 radical (unpaired) electrons. The molecule has 0 spiro atoms. The number of aliphatic imine (C=N–C) groups is 1. The van der Waals surface area contributed by atoms with E-state index in [1.807, 2.05) is 72.8 Å². The Morgan fingerprint density at radius 2 is 1.11 bits per heavy atom. The fourth-order valence-electron chi connectivity index (χ4n) is 4.25. The topological polar surface area (TPSA) is 83.7 Å². The van der Waals surface area contributed by atoms with Gasteiger partial charge in [-0.1, -0.05) is 48.0 Å². The normalized spacial score (nSPS) is 15.6. The van der Waals surface area contributed by atoms with Crippen molar-refractivity contribution in [1.82, 2.24) is 0 Å². The SMILES string of the molecule is CC1=C(c2ccc(C#N)cc2)CCCC(c2ccc(C#N)cc2)=N/C(c2ccc(C#N)cc2)=C/C1. The highest BCUT2D eigenvalue weighted by atomic mass is 14.8. The molecule has 1 aliphatic rings. The van der Waals surface area contributed by atoms with Gasteiger partial charge in [0.05, 0.1) is 40.6 Å². The molecule has 1 heterocycles. The van der Waals surface area contributed by atoms with Crippen LogP contribution < -0.4 is 0 Å². The van der Waals surface area contributed by atoms with Gasteiger partial charge in [0.2, 0.25) is 0 Å². The molecule has 0 fully saturated rings. The molecule has 3 aromatic carbocycles. The van der Waals surface area contributed by atoms with E-state index in [4.69, 9.17) is 10.3 Å². The Labute approximate surface area is 206 Å². The lowest BCUT2D eigenvalue weighted by Crippen LogP contribution is -2.04. The lowest BCUT2D eigenvalue weighted by atomic mass is 9.91. The molecule has 0 aliphatic carbocycles. The van der Waals surface area contributed by atoms with Crippen LogP contribution in [0.15, 0.2) is 89.4 Å². The molecule has 0 saturated heterocycles. The smallest absolute Gasteiger partial charge is 0.0991 e. The van der Waals surface area contributed by atoms with Gasteiger partial charge in [-0.25, -0.2) is 0 Å². The molecule has 4 heteroatoms. The van der Waals surface area contributed by atoms with Crippen LogP contribution in [0, 0.1) is 34.0 Å². The highest BCUT2D eigenvalue weighted by molar-refractivity contribution is 6.03. The van der Waals surface area contributed by atoms with E-state index in [1.165, 1.54) is 11.1 Å². The number of allylic oxidation sites excluding steroid dienone is 3. The van der Waals surface area contributed by atoms with E-state index in [0.29, 0.717) is 16.7 Å². The molecule has 0 aromatic heterocycles. The minimum absolute atomic E-state index is 0.615. The van der Waals surface area contributed by atoms with Gasteiger partial charge in [-0.3, -0.25) is 4.99 Å². The third-order valence-corrected chi connectivity index (χ3v) is 6.23. The average molecular weight is 453 g/mol. The van der Waals surface area contributed by atoms with Crippen molar-refractivity contribution in [3.63, 3.8) is 0 Å². The zero-order chi connectivity index (χ0) is 24.6. The first kappa shape index (κ1) is 23.4. The van der Waals surface area contributed by atoms with Crippen molar-refractivity contribution < 1.29 is 0 Å². The number of nitrogens with zero attached hydrogens (tertiary/aromatic N) is 4. The van der Waals surface area contributed by atoms with Crippen LogP contribution in [0.2, 0.25) is 0 Å². The molecular formula is C31H24N4. The van der Waals surface area contributed by atoms with Crippen molar-refractivity contribution in [2.45, 2.75) is 32.6 Å². The summed E-state index contributed by atoms with van der Waals surface area (Å²) in [5, 5.41) is 27.5. The second-order valence-corrected chi connectivity index (χ2v) is 8.53. The highest BCUT2D eigenvalue weighted by Gasteiger charge is 2.13. The largest absolute Gasteiger partial charge is 0.253 e. The molecule has 0 saturated carbocycles. The monoisotopic (exact) mass is 452 g/mol. The molecule has 3 aromatic rings. The van der Waals surface area contributed by atoms with E-state index in [1.54, 1.807) is 0 Å². The van der Waals surface area contributed by atoms with Crippen LogP contribution in [0.5, 0.6) is 0 Å². The van der Waals surface area contributed by atoms with Gasteiger partial charge in [0.15, 0.2) is 0 Å². The lowest BCUT2D eigenvalue weighted by Gasteiger charge is -2.16. The minimum Gasteiger partial charge on any atom is -0.253 e. The number of nitriles is 3. The molecule has 4 rings (SSSR count). The fourth-order valence-corrected chi connectivity index (χ4v) is 4.25. The van der Waals surface area contributed by atoms with Gasteiger partial charge in [0, 0.05) is 5.71 Å². The molecule has 0 amide bonds. The second-order valence-electron chi connectivity index (χ2n) is 8.53. The minimum atomic E-state index is 0.615. The Bertz CT molecular complexity index is 1430. The van der Waals surface area contributed by atoms with Gasteiger partial charge in [-0.05, 0) is 91.3 Å². The average Bonchev–Trinajstić information content (AvgIpc) is 2.92. The Morgan fingerprint density at radius 1 is 0.629 bits per heavy atom. The van der Waals surface area contributed by atoms with E-state index in [0.717, 1.165) is 53.8 Å². The predicted molar refractivity (Wildman–Crippen MR) is 139 cm³/mol. The Hall–Kier alpha value is -4.72. The summed E-state index contributed by atoms with van der Waals surface area (Å²) in [5.74, 6) is 0. The van der Waals surface area contributed by atoms with Crippen LogP contribution in [0.3, 0.4) is 0 Å². The van der Waals surface area contributed by atoms with Gasteiger partial charge >= 0.3 is 0 Å². The molecule has 1 aliphatic heterocycles. The molecule has 0 atom stereocenters. The maximum atomic E-state index is 9.19. The Balaban J connectivity index is 1.77. The van der Waals surface area contributed by atoms with Crippen molar-refractivity contribution >= 4 is 17.0 Å². The molecule has 0 N–H and O–H groups in total. The van der Waals surface area contributed by atoms with Crippen LogP contribution in [0.1, 0.15) is 66.0 Å². The van der Waals surface area contributed by atoms with Crippen molar-refractivity contribution in [2.75, 3.05) is 0 Å². The molecule has 4 nitrogen and oxygen atoms in total. The molecule has 0 unspecified atom stereocenters. The maximum Gasteiger partial charge on any atom is 0.0991 e. The van der Waals surface area contributed by atoms with E-state index in [2.05, 4.69) is 31.2 Å². The van der Waals surface area contributed by atoms with Crippen LogP contribution in [-0.4, -0.2) is 5.71 Å². The van der Waals surface area contributed by atoms with Crippen LogP contribution in [0.25, 0.3) is 11.3 Å². The summed E-state index contributed by atoms with van der Waals surface area (Å²) in [6.07, 6.45) is 5.51. The summed E-state index contributed by atoms with van der Waals surface area (Å²) in [4.78, 5) is 5.10. The lowest BCUT2D eigenvalue weighted by molar-refractivity contribution is 0.895. The zero-order valence-electron chi connectivity index (χ0n) is 19.6. The highest BCUT2D eigenvalue weighted by Crippen LogP contribution is 2.30. The zero-order valence-corrected chi connectivity index (χ0v) is 19.6. The van der Waals surface area contributed by atoms with Crippen molar-refractivity contribution in [1.29, 1.82) is 15.8 Å². The van der Waals surface area contributed by atoms with Crippen LogP contribution in [0.4, 0.5) is 0 Å². The van der Waals surface area contributed by atoms with Crippen LogP contribution in [-0.2, 0) is 0 Å². The van der Waals surface area contributed by atoms with E-state index in [-0.39, 0.29) is 0 Å². The number of rotatable bonds is 3. The molecular weight excluding hydrogens is 428 g/mol. The van der Waals surface area contributed by atoms with E-state index < -0.39 is 0 Å². The Kier molecular flexibility index (Phi) is 7.32. The van der Waals surface area contributed by atoms with E-state index in [9.17, 15) is 10.5 Å². The first-order chi connectivity index (χ1) is 17.1. The van der Waals surface area contributed by atoms with Gasteiger partial charge in [0.1, 0.15) is 0 Å². The quantitative estimate of drug-likeness (QED) is 0.422. The van der Waals surface area contributed by atoms with Crippen molar-refractivity contribution in [2.24, 2.45) is 4.99 Å².